The maximum absolute atomic E-state index is 11.7. The number of ether oxygens (including phenoxy) is 1. The van der Waals surface area contributed by atoms with E-state index < -0.39 is 5.60 Å². The Morgan fingerprint density at radius 3 is 2.50 bits per heavy atom. The summed E-state index contributed by atoms with van der Waals surface area (Å²) in [5.41, 5.74) is 5.78. The smallest absolute Gasteiger partial charge is 0.409 e. The van der Waals surface area contributed by atoms with E-state index in [1.165, 1.54) is 0 Å². The molecule has 9 heteroatoms. The van der Waals surface area contributed by atoms with Crippen LogP contribution in [0.15, 0.2) is 33.7 Å². The lowest BCUT2D eigenvalue weighted by Crippen LogP contribution is -2.48. The van der Waals surface area contributed by atoms with E-state index in [9.17, 15) is 9.90 Å². The minimum absolute atomic E-state index is 0. The number of halogens is 2. The fraction of sp³-hybridized carbons (Fsp3) is 0.579. The molecule has 0 aliphatic carbocycles. The maximum Gasteiger partial charge on any atom is 0.409 e. The molecule has 1 amide bonds. The molecule has 1 unspecified atom stereocenters. The third-order valence-corrected chi connectivity index (χ3v) is 5.38. The van der Waals surface area contributed by atoms with Crippen molar-refractivity contribution in [3.8, 4) is 0 Å². The number of rotatable bonds is 6. The quantitative estimate of drug-likeness (QED) is 0.278. The van der Waals surface area contributed by atoms with E-state index in [-0.39, 0.29) is 42.7 Å². The fourth-order valence-electron chi connectivity index (χ4n) is 3.06. The molecule has 1 aliphatic rings. The van der Waals surface area contributed by atoms with Gasteiger partial charge in [-0.2, -0.15) is 0 Å². The van der Waals surface area contributed by atoms with E-state index in [0.717, 1.165) is 22.9 Å². The highest BCUT2D eigenvalue weighted by Crippen LogP contribution is 2.26. The Hall–Kier alpha value is -1.07. The van der Waals surface area contributed by atoms with E-state index in [1.807, 2.05) is 31.2 Å². The number of piperidine rings is 1. The second-order valence-electron chi connectivity index (χ2n) is 6.70. The number of aliphatic hydroxyl groups is 1. The summed E-state index contributed by atoms with van der Waals surface area (Å²) < 4.78 is 5.98. The number of guanidine groups is 1. The van der Waals surface area contributed by atoms with Crippen molar-refractivity contribution in [2.45, 2.75) is 44.8 Å². The summed E-state index contributed by atoms with van der Waals surface area (Å²) in [4.78, 5) is 17.8. The standard InChI is InChI=1S/C19H29BrN4O3.HI/c1-3-19(26,14-5-7-15(20)8-6-14)13-22-17(21)23-16-9-11-24(12-10-16)18(25)27-4-2;/h5-8,16,26H,3-4,9-13H2,1-2H3,(H3,21,22,23);1H. The molecule has 4 N–H and O–H groups in total. The maximum atomic E-state index is 11.7. The fourth-order valence-corrected chi connectivity index (χ4v) is 3.32. The highest BCUT2D eigenvalue weighted by atomic mass is 127. The van der Waals surface area contributed by atoms with Gasteiger partial charge in [-0.05, 0) is 43.9 Å². The van der Waals surface area contributed by atoms with Crippen molar-refractivity contribution in [3.05, 3.63) is 34.3 Å². The largest absolute Gasteiger partial charge is 0.450 e. The number of carbonyl (C=O) groups is 1. The number of aliphatic imine (C=N–C) groups is 1. The van der Waals surface area contributed by atoms with Gasteiger partial charge in [0.1, 0.15) is 5.60 Å². The van der Waals surface area contributed by atoms with E-state index in [1.54, 1.807) is 11.8 Å². The first-order valence-electron chi connectivity index (χ1n) is 9.34. The molecule has 1 atom stereocenters. The van der Waals surface area contributed by atoms with E-state index in [0.29, 0.717) is 32.1 Å². The number of likely N-dealkylation sites (tertiary alicyclic amines) is 1. The van der Waals surface area contributed by atoms with Crippen molar-refractivity contribution in [2.24, 2.45) is 10.7 Å². The molecule has 7 nitrogen and oxygen atoms in total. The Labute approximate surface area is 192 Å². The van der Waals surface area contributed by atoms with Crippen LogP contribution in [0.4, 0.5) is 4.79 Å². The van der Waals surface area contributed by atoms with Gasteiger partial charge in [0.2, 0.25) is 0 Å². The molecule has 0 spiro atoms. The minimum Gasteiger partial charge on any atom is -0.450 e. The minimum atomic E-state index is -1.06. The molecule has 0 bridgehead atoms. The molecular weight excluding hydrogens is 539 g/mol. The Kier molecular flexibility index (Phi) is 10.5. The second-order valence-corrected chi connectivity index (χ2v) is 7.61. The Bertz CT molecular complexity index is 651. The summed E-state index contributed by atoms with van der Waals surface area (Å²) in [6.45, 7) is 5.55. The van der Waals surface area contributed by atoms with Crippen molar-refractivity contribution >= 4 is 52.0 Å². The number of nitrogens with two attached hydrogens (primary N) is 1. The van der Waals surface area contributed by atoms with Crippen LogP contribution in [0, 0.1) is 0 Å². The Morgan fingerprint density at radius 1 is 1.36 bits per heavy atom. The monoisotopic (exact) mass is 568 g/mol. The van der Waals surface area contributed by atoms with Gasteiger partial charge >= 0.3 is 6.09 Å². The number of carbonyl (C=O) groups excluding carboxylic acids is 1. The van der Waals surface area contributed by atoms with Crippen LogP contribution in [0.5, 0.6) is 0 Å². The van der Waals surface area contributed by atoms with Crippen LogP contribution >= 0.6 is 39.9 Å². The zero-order valence-corrected chi connectivity index (χ0v) is 20.3. The van der Waals surface area contributed by atoms with Crippen LogP contribution in [0.2, 0.25) is 0 Å². The molecule has 158 valence electrons. The lowest BCUT2D eigenvalue weighted by atomic mass is 9.91. The summed E-state index contributed by atoms with van der Waals surface area (Å²) in [7, 11) is 0. The Morgan fingerprint density at radius 2 is 1.96 bits per heavy atom. The molecule has 1 aromatic carbocycles. The molecule has 1 heterocycles. The molecular formula is C19H30BrIN4O3. The number of nitrogens with zero attached hydrogens (tertiary/aromatic N) is 2. The van der Waals surface area contributed by atoms with Gasteiger partial charge in [0.25, 0.3) is 0 Å². The SMILES string of the molecule is CCOC(=O)N1CCC(NC(N)=NCC(O)(CC)c2ccc(Br)cc2)CC1.I. The van der Waals surface area contributed by atoms with Gasteiger partial charge in [-0.25, -0.2) is 4.79 Å². The predicted octanol–water partition coefficient (Wildman–Crippen LogP) is 3.19. The van der Waals surface area contributed by atoms with Crippen LogP contribution in [0.1, 0.15) is 38.7 Å². The molecule has 1 aromatic rings. The molecule has 2 rings (SSSR count). The lowest BCUT2D eigenvalue weighted by Gasteiger charge is -2.32. The lowest BCUT2D eigenvalue weighted by molar-refractivity contribution is 0.0422. The number of hydrogen-bond acceptors (Lipinski definition) is 4. The molecule has 1 saturated heterocycles. The third kappa shape index (κ3) is 7.07. The van der Waals surface area contributed by atoms with E-state index in [2.05, 4.69) is 26.2 Å². The van der Waals surface area contributed by atoms with Crippen LogP contribution in [0.25, 0.3) is 0 Å². The number of nitrogens with one attached hydrogen (secondary N) is 1. The van der Waals surface area contributed by atoms with Crippen LogP contribution in [-0.2, 0) is 10.3 Å². The number of hydrogen-bond donors (Lipinski definition) is 3. The summed E-state index contributed by atoms with van der Waals surface area (Å²) in [6.07, 6.45) is 1.82. The summed E-state index contributed by atoms with van der Waals surface area (Å²) in [5.74, 6) is 0.313. The molecule has 0 aromatic heterocycles. The number of benzene rings is 1. The van der Waals surface area contributed by atoms with Gasteiger partial charge in [0.15, 0.2) is 5.96 Å². The highest BCUT2D eigenvalue weighted by Gasteiger charge is 2.27. The first kappa shape index (κ1) is 25.0. The molecule has 0 radical (unpaired) electrons. The number of amides is 1. The molecule has 1 aliphatic heterocycles. The summed E-state index contributed by atoms with van der Waals surface area (Å²) >= 11 is 3.40. The van der Waals surface area contributed by atoms with Gasteiger partial charge < -0.3 is 25.8 Å². The van der Waals surface area contributed by atoms with Gasteiger partial charge in [-0.3, -0.25) is 4.99 Å². The van der Waals surface area contributed by atoms with Gasteiger partial charge in [-0.15, -0.1) is 24.0 Å². The first-order chi connectivity index (χ1) is 12.9. The first-order valence-corrected chi connectivity index (χ1v) is 10.1. The third-order valence-electron chi connectivity index (χ3n) is 4.85. The van der Waals surface area contributed by atoms with Crippen molar-refractivity contribution in [1.82, 2.24) is 10.2 Å². The zero-order chi connectivity index (χ0) is 19.9. The predicted molar refractivity (Wildman–Crippen MR) is 125 cm³/mol. The zero-order valence-electron chi connectivity index (χ0n) is 16.4. The Balaban J connectivity index is 0.00000392. The summed E-state index contributed by atoms with van der Waals surface area (Å²) in [6, 6.07) is 7.73. The second kappa shape index (κ2) is 11.8. The van der Waals surface area contributed by atoms with Crippen molar-refractivity contribution in [2.75, 3.05) is 26.2 Å². The molecule has 1 fully saturated rings. The van der Waals surface area contributed by atoms with E-state index in [4.69, 9.17) is 10.5 Å². The van der Waals surface area contributed by atoms with Crippen LogP contribution in [-0.4, -0.2) is 54.3 Å². The average molecular weight is 569 g/mol. The van der Waals surface area contributed by atoms with Gasteiger partial charge in [-0.1, -0.05) is 35.0 Å². The van der Waals surface area contributed by atoms with E-state index >= 15 is 0 Å². The summed E-state index contributed by atoms with van der Waals surface area (Å²) in [5, 5.41) is 14.1. The van der Waals surface area contributed by atoms with Gasteiger partial charge in [0, 0.05) is 23.6 Å². The molecule has 28 heavy (non-hydrogen) atoms. The topological polar surface area (TPSA) is 100 Å². The van der Waals surface area contributed by atoms with Crippen molar-refractivity contribution < 1.29 is 14.6 Å². The van der Waals surface area contributed by atoms with Crippen molar-refractivity contribution in [1.29, 1.82) is 0 Å². The average Bonchev–Trinajstić information content (AvgIpc) is 2.67. The van der Waals surface area contributed by atoms with Crippen LogP contribution < -0.4 is 11.1 Å². The normalized spacial score (nSPS) is 17.4. The van der Waals surface area contributed by atoms with Crippen molar-refractivity contribution in [3.63, 3.8) is 0 Å². The highest BCUT2D eigenvalue weighted by molar-refractivity contribution is 14.0. The molecule has 0 saturated carbocycles. The van der Waals surface area contributed by atoms with Gasteiger partial charge in [0.05, 0.1) is 13.2 Å². The van der Waals surface area contributed by atoms with Crippen LogP contribution in [0.3, 0.4) is 0 Å².